The number of carbonyl (C=O) groups is 2. The van der Waals surface area contributed by atoms with Gasteiger partial charge in [0.25, 0.3) is 11.8 Å². The standard InChI is InChI=1S/C27H21ClF4N4O4/c1-39-13-15-6-7-17(20(29)10-15)23-24-21(11-16(12-33-24)25(37)35-8-3-9-40-14-35)36(34-23)26(38)22-18(27(30,31)32)4-2-5-19(22)28/h2,4-7,10-12H,3,8-9,13-14H2,1H3. The summed E-state index contributed by atoms with van der Waals surface area (Å²) in [6.45, 7) is 1.11. The Labute approximate surface area is 230 Å². The van der Waals surface area contributed by atoms with Gasteiger partial charge in [0.1, 0.15) is 23.8 Å². The highest BCUT2D eigenvalue weighted by atomic mass is 35.5. The number of aromatic nitrogens is 3. The Balaban J connectivity index is 1.71. The molecule has 2 aromatic carbocycles. The van der Waals surface area contributed by atoms with E-state index in [0.717, 1.165) is 18.2 Å². The van der Waals surface area contributed by atoms with Crippen molar-refractivity contribution < 1.29 is 36.6 Å². The number of nitrogens with zero attached hydrogens (tertiary/aromatic N) is 4. The van der Waals surface area contributed by atoms with Crippen molar-refractivity contribution in [3.05, 3.63) is 81.8 Å². The molecular weight excluding hydrogens is 556 g/mol. The smallest absolute Gasteiger partial charge is 0.380 e. The molecule has 8 nitrogen and oxygen atoms in total. The molecule has 0 aliphatic carbocycles. The van der Waals surface area contributed by atoms with Gasteiger partial charge in [-0.25, -0.2) is 4.39 Å². The third-order valence-electron chi connectivity index (χ3n) is 6.34. The zero-order chi connectivity index (χ0) is 28.6. The number of benzene rings is 2. The molecule has 1 aliphatic rings. The highest BCUT2D eigenvalue weighted by molar-refractivity contribution is 6.34. The van der Waals surface area contributed by atoms with E-state index in [4.69, 9.17) is 21.1 Å². The molecule has 208 valence electrons. The van der Waals surface area contributed by atoms with Crippen LogP contribution < -0.4 is 0 Å². The SMILES string of the molecule is COCc1ccc(-c2nn(C(=O)c3c(Cl)cccc3C(F)(F)F)c3cc(C(=O)N4CCCOC4)cnc23)c(F)c1. The first-order valence-electron chi connectivity index (χ1n) is 12.0. The number of amides is 1. The summed E-state index contributed by atoms with van der Waals surface area (Å²) in [4.78, 5) is 32.5. The summed E-state index contributed by atoms with van der Waals surface area (Å²) in [7, 11) is 1.45. The summed E-state index contributed by atoms with van der Waals surface area (Å²) >= 11 is 6.09. The van der Waals surface area contributed by atoms with Crippen LogP contribution in [0.5, 0.6) is 0 Å². The molecular formula is C27H21ClF4N4O4. The van der Waals surface area contributed by atoms with Crippen LogP contribution in [0.1, 0.15) is 38.3 Å². The molecule has 4 aromatic rings. The number of pyridine rings is 1. The Hall–Kier alpha value is -3.87. The Morgan fingerprint density at radius 3 is 2.62 bits per heavy atom. The molecule has 0 N–H and O–H groups in total. The molecule has 40 heavy (non-hydrogen) atoms. The molecule has 2 aromatic heterocycles. The predicted molar refractivity (Wildman–Crippen MR) is 136 cm³/mol. The van der Waals surface area contributed by atoms with Gasteiger partial charge >= 0.3 is 6.18 Å². The first kappa shape index (κ1) is 27.7. The largest absolute Gasteiger partial charge is 0.417 e. The third kappa shape index (κ3) is 5.17. The minimum atomic E-state index is -4.90. The van der Waals surface area contributed by atoms with Crippen LogP contribution in [0.15, 0.2) is 48.7 Å². The molecule has 1 amide bonds. The van der Waals surface area contributed by atoms with Gasteiger partial charge in [-0.1, -0.05) is 23.7 Å². The zero-order valence-corrected chi connectivity index (χ0v) is 21.7. The fourth-order valence-corrected chi connectivity index (χ4v) is 4.74. The molecule has 13 heteroatoms. The maximum Gasteiger partial charge on any atom is 0.417 e. The molecule has 1 saturated heterocycles. The monoisotopic (exact) mass is 576 g/mol. The van der Waals surface area contributed by atoms with Crippen molar-refractivity contribution in [2.75, 3.05) is 27.0 Å². The predicted octanol–water partition coefficient (Wildman–Crippen LogP) is 5.56. The van der Waals surface area contributed by atoms with Gasteiger partial charge in [0.05, 0.1) is 40.4 Å². The van der Waals surface area contributed by atoms with E-state index in [2.05, 4.69) is 10.1 Å². The lowest BCUT2D eigenvalue weighted by Crippen LogP contribution is -2.38. The zero-order valence-electron chi connectivity index (χ0n) is 21.0. The second-order valence-electron chi connectivity index (χ2n) is 9.02. The van der Waals surface area contributed by atoms with Crippen LogP contribution in [0, 0.1) is 5.82 Å². The summed E-state index contributed by atoms with van der Waals surface area (Å²) in [5, 5.41) is 3.75. The summed E-state index contributed by atoms with van der Waals surface area (Å²) in [5.74, 6) is -2.40. The normalized spacial score (nSPS) is 14.1. The lowest BCUT2D eigenvalue weighted by molar-refractivity contribution is -0.137. The van der Waals surface area contributed by atoms with Crippen LogP contribution in [-0.4, -0.2) is 58.5 Å². The topological polar surface area (TPSA) is 86.6 Å². The average Bonchev–Trinajstić information content (AvgIpc) is 3.31. The summed E-state index contributed by atoms with van der Waals surface area (Å²) in [6, 6.07) is 8.44. The van der Waals surface area contributed by atoms with E-state index in [-0.39, 0.29) is 41.2 Å². The Morgan fingerprint density at radius 2 is 1.95 bits per heavy atom. The van der Waals surface area contributed by atoms with Gasteiger partial charge in [-0.3, -0.25) is 14.6 Å². The van der Waals surface area contributed by atoms with Crippen LogP contribution in [0.3, 0.4) is 0 Å². The van der Waals surface area contributed by atoms with Crippen LogP contribution in [0.25, 0.3) is 22.3 Å². The Morgan fingerprint density at radius 1 is 1.15 bits per heavy atom. The van der Waals surface area contributed by atoms with Crippen molar-refractivity contribution >= 4 is 34.4 Å². The van der Waals surface area contributed by atoms with Gasteiger partial charge < -0.3 is 14.4 Å². The molecule has 1 fully saturated rings. The number of hydrogen-bond donors (Lipinski definition) is 0. The van der Waals surface area contributed by atoms with Crippen molar-refractivity contribution in [2.24, 2.45) is 0 Å². The van der Waals surface area contributed by atoms with Gasteiger partial charge in [-0.05, 0) is 42.3 Å². The number of carbonyl (C=O) groups excluding carboxylic acids is 2. The first-order chi connectivity index (χ1) is 19.1. The number of ether oxygens (including phenoxy) is 2. The number of hydrogen-bond acceptors (Lipinski definition) is 6. The minimum Gasteiger partial charge on any atom is -0.380 e. The van der Waals surface area contributed by atoms with Gasteiger partial charge in [-0.15, -0.1) is 0 Å². The highest BCUT2D eigenvalue weighted by Gasteiger charge is 2.37. The van der Waals surface area contributed by atoms with E-state index in [0.29, 0.717) is 29.8 Å². The lowest BCUT2D eigenvalue weighted by Gasteiger charge is -2.26. The lowest BCUT2D eigenvalue weighted by atomic mass is 10.1. The van der Waals surface area contributed by atoms with Crippen LogP contribution >= 0.6 is 11.6 Å². The van der Waals surface area contributed by atoms with Crippen LogP contribution in [0.2, 0.25) is 5.02 Å². The molecule has 5 rings (SSSR count). The van der Waals surface area contributed by atoms with Crippen molar-refractivity contribution in [3.63, 3.8) is 0 Å². The first-order valence-corrected chi connectivity index (χ1v) is 12.4. The molecule has 0 bridgehead atoms. The molecule has 0 unspecified atom stereocenters. The van der Waals surface area contributed by atoms with Crippen LogP contribution in [-0.2, 0) is 22.3 Å². The molecule has 0 saturated carbocycles. The van der Waals surface area contributed by atoms with E-state index >= 15 is 4.39 Å². The molecule has 0 atom stereocenters. The van der Waals surface area contributed by atoms with Crippen molar-refractivity contribution in [1.82, 2.24) is 19.7 Å². The van der Waals surface area contributed by atoms with E-state index in [1.807, 2.05) is 0 Å². The Bertz CT molecular complexity index is 1620. The van der Waals surface area contributed by atoms with Crippen molar-refractivity contribution in [1.29, 1.82) is 0 Å². The Kier molecular flexibility index (Phi) is 7.58. The second-order valence-corrected chi connectivity index (χ2v) is 9.43. The number of halogens is 5. The fraction of sp³-hybridized carbons (Fsp3) is 0.259. The summed E-state index contributed by atoms with van der Waals surface area (Å²) in [6.07, 6.45) is -3.04. The van der Waals surface area contributed by atoms with Gasteiger partial charge in [0.2, 0.25) is 0 Å². The van der Waals surface area contributed by atoms with Gasteiger partial charge in [-0.2, -0.15) is 23.0 Å². The van der Waals surface area contributed by atoms with Gasteiger partial charge in [0, 0.05) is 25.4 Å². The minimum absolute atomic E-state index is 0.00111. The van der Waals surface area contributed by atoms with Gasteiger partial charge in [0.15, 0.2) is 0 Å². The maximum absolute atomic E-state index is 15.2. The molecule has 3 heterocycles. The molecule has 0 radical (unpaired) electrons. The average molecular weight is 577 g/mol. The van der Waals surface area contributed by atoms with E-state index in [1.54, 1.807) is 6.07 Å². The number of methoxy groups -OCH3 is 1. The van der Waals surface area contributed by atoms with E-state index < -0.39 is 40.0 Å². The molecule has 1 aliphatic heterocycles. The highest BCUT2D eigenvalue weighted by Crippen LogP contribution is 2.37. The van der Waals surface area contributed by atoms with E-state index in [9.17, 15) is 22.8 Å². The van der Waals surface area contributed by atoms with Crippen molar-refractivity contribution in [2.45, 2.75) is 19.2 Å². The fourth-order valence-electron chi connectivity index (χ4n) is 4.48. The number of rotatable bonds is 5. The summed E-state index contributed by atoms with van der Waals surface area (Å²) in [5.41, 5.74) is -1.80. The van der Waals surface area contributed by atoms with Crippen molar-refractivity contribution in [3.8, 4) is 11.3 Å². The maximum atomic E-state index is 15.2. The second kappa shape index (κ2) is 11.0. The quantitative estimate of drug-likeness (QED) is 0.289. The number of fused-ring (bicyclic) bond motifs is 1. The third-order valence-corrected chi connectivity index (χ3v) is 6.66. The van der Waals surface area contributed by atoms with Crippen LogP contribution in [0.4, 0.5) is 17.6 Å². The van der Waals surface area contributed by atoms with E-state index in [1.165, 1.54) is 36.4 Å². The number of alkyl halides is 3. The molecule has 0 spiro atoms. The summed E-state index contributed by atoms with van der Waals surface area (Å²) < 4.78 is 67.7.